The van der Waals surface area contributed by atoms with Crippen molar-refractivity contribution in [2.45, 2.75) is 38.5 Å². The van der Waals surface area contributed by atoms with Gasteiger partial charge in [-0.25, -0.2) is 0 Å². The van der Waals surface area contributed by atoms with Crippen LogP contribution < -0.4 is 4.74 Å². The van der Waals surface area contributed by atoms with Crippen molar-refractivity contribution < 1.29 is 23.9 Å². The van der Waals surface area contributed by atoms with Crippen molar-refractivity contribution in [1.29, 1.82) is 0 Å². The summed E-state index contributed by atoms with van der Waals surface area (Å²) < 4.78 is 11.4. The van der Waals surface area contributed by atoms with Gasteiger partial charge >= 0.3 is 11.9 Å². The number of benzene rings is 1. The average Bonchev–Trinajstić information content (AvgIpc) is 2.94. The lowest BCUT2D eigenvalue weighted by molar-refractivity contribution is -0.147. The number of rotatable bonds is 4. The summed E-state index contributed by atoms with van der Waals surface area (Å²) in [6.07, 6.45) is 1.65. The van der Waals surface area contributed by atoms with Crippen molar-refractivity contribution in [1.82, 2.24) is 0 Å². The first-order valence-electron chi connectivity index (χ1n) is 8.18. The smallest absolute Gasteiger partial charge is 0.315 e. The van der Waals surface area contributed by atoms with E-state index in [-0.39, 0.29) is 36.0 Å². The Balaban J connectivity index is 1.97. The highest BCUT2D eigenvalue weighted by Gasteiger charge is 2.45. The van der Waals surface area contributed by atoms with Gasteiger partial charge in [0.1, 0.15) is 11.5 Å². The van der Waals surface area contributed by atoms with Gasteiger partial charge in [-0.2, -0.15) is 0 Å². The summed E-state index contributed by atoms with van der Waals surface area (Å²) in [5.41, 5.74) is 0.821. The number of fused-ring (bicyclic) bond motifs is 1. The molecule has 3 rings (SSSR count). The lowest BCUT2D eigenvalue weighted by Crippen LogP contribution is -2.37. The fourth-order valence-corrected chi connectivity index (χ4v) is 4.12. The van der Waals surface area contributed by atoms with Gasteiger partial charge in [0.15, 0.2) is 0 Å². The summed E-state index contributed by atoms with van der Waals surface area (Å²) in [4.78, 5) is 36.4. The summed E-state index contributed by atoms with van der Waals surface area (Å²) >= 11 is 3.43. The normalized spacial score (nSPS) is 26.0. The molecule has 0 radical (unpaired) electrons. The van der Waals surface area contributed by atoms with E-state index in [0.717, 1.165) is 10.0 Å². The number of hydrogen-bond acceptors (Lipinski definition) is 5. The van der Waals surface area contributed by atoms with Crippen molar-refractivity contribution in [2.75, 3.05) is 6.61 Å². The van der Waals surface area contributed by atoms with Crippen LogP contribution in [0.25, 0.3) is 0 Å². The molecule has 0 amide bonds. The number of Topliss-reactive ketones (excluding diaryl/α,β-unsaturated/α-hetero) is 1. The molecule has 0 aromatic heterocycles. The summed E-state index contributed by atoms with van der Waals surface area (Å²) in [5, 5.41) is 0. The first-order valence-corrected chi connectivity index (χ1v) is 8.97. The predicted octanol–water partition coefficient (Wildman–Crippen LogP) is 3.39. The van der Waals surface area contributed by atoms with Gasteiger partial charge in [0.2, 0.25) is 0 Å². The highest BCUT2D eigenvalue weighted by atomic mass is 79.9. The molecule has 0 N–H and O–H groups in total. The van der Waals surface area contributed by atoms with Crippen LogP contribution in [0.5, 0.6) is 5.75 Å². The third-order valence-electron chi connectivity index (χ3n) is 4.77. The van der Waals surface area contributed by atoms with E-state index in [4.69, 9.17) is 9.47 Å². The molecule has 3 atom stereocenters. The minimum absolute atomic E-state index is 0.0726. The van der Waals surface area contributed by atoms with Gasteiger partial charge in [-0.05, 0) is 37.5 Å². The second-order valence-corrected chi connectivity index (χ2v) is 7.20. The fourth-order valence-electron chi connectivity index (χ4n) is 3.74. The van der Waals surface area contributed by atoms with Gasteiger partial charge < -0.3 is 9.47 Å². The molecule has 0 bridgehead atoms. The standard InChI is InChI=1S/C18H19BrO5/c1-2-23-16(21)9-14-13-8-11(19)4-6-15(13)24-18(22)17(14)10-3-5-12(20)7-10/h4,6,8,10,14,17H,2-3,5,7,9H2,1H3/t10-,14-,17+/m1/s1. The maximum atomic E-state index is 12.6. The van der Waals surface area contributed by atoms with E-state index in [0.29, 0.717) is 31.6 Å². The second-order valence-electron chi connectivity index (χ2n) is 6.29. The maximum absolute atomic E-state index is 12.6. The zero-order chi connectivity index (χ0) is 17.3. The molecule has 1 aliphatic carbocycles. The SMILES string of the molecule is CCOC(=O)C[C@@H]1c2cc(Br)ccc2OC(=O)[C@H]1[C@@H]1CCC(=O)C1. The highest BCUT2D eigenvalue weighted by molar-refractivity contribution is 9.10. The molecule has 0 saturated heterocycles. The molecular formula is C18H19BrO5. The molecule has 2 aliphatic rings. The summed E-state index contributed by atoms with van der Waals surface area (Å²) in [7, 11) is 0. The van der Waals surface area contributed by atoms with Crippen molar-refractivity contribution >= 4 is 33.7 Å². The minimum atomic E-state index is -0.484. The predicted molar refractivity (Wildman–Crippen MR) is 89.6 cm³/mol. The van der Waals surface area contributed by atoms with E-state index in [2.05, 4.69) is 15.9 Å². The molecule has 1 fully saturated rings. The van der Waals surface area contributed by atoms with Crippen molar-refractivity contribution in [3.05, 3.63) is 28.2 Å². The van der Waals surface area contributed by atoms with Crippen molar-refractivity contribution in [3.8, 4) is 5.75 Å². The Hall–Kier alpha value is -1.69. The topological polar surface area (TPSA) is 69.7 Å². The number of ketones is 1. The van der Waals surface area contributed by atoms with Crippen molar-refractivity contribution in [3.63, 3.8) is 0 Å². The van der Waals surface area contributed by atoms with Crippen LogP contribution in [0.15, 0.2) is 22.7 Å². The van der Waals surface area contributed by atoms with E-state index < -0.39 is 5.92 Å². The average molecular weight is 395 g/mol. The van der Waals surface area contributed by atoms with Gasteiger partial charge in [0, 0.05) is 28.8 Å². The van der Waals surface area contributed by atoms with E-state index in [1.54, 1.807) is 19.1 Å². The first-order chi connectivity index (χ1) is 11.5. The molecule has 6 heteroatoms. The van der Waals surface area contributed by atoms with Crippen molar-refractivity contribution in [2.24, 2.45) is 11.8 Å². The summed E-state index contributed by atoms with van der Waals surface area (Å²) in [5.74, 6) is -0.912. The number of hydrogen-bond donors (Lipinski definition) is 0. The molecule has 128 valence electrons. The Morgan fingerprint density at radius 1 is 1.38 bits per heavy atom. The minimum Gasteiger partial charge on any atom is -0.466 e. The molecule has 0 unspecified atom stereocenters. The molecular weight excluding hydrogens is 376 g/mol. The molecule has 1 aromatic rings. The molecule has 1 aromatic carbocycles. The Labute approximate surface area is 148 Å². The van der Waals surface area contributed by atoms with Gasteiger partial charge in [-0.1, -0.05) is 15.9 Å². The van der Waals surface area contributed by atoms with Crippen LogP contribution in [0, 0.1) is 11.8 Å². The van der Waals surface area contributed by atoms with Gasteiger partial charge in [-0.15, -0.1) is 0 Å². The maximum Gasteiger partial charge on any atom is 0.315 e. The number of carbonyl (C=O) groups excluding carboxylic acids is 3. The fraction of sp³-hybridized carbons (Fsp3) is 0.500. The Morgan fingerprint density at radius 2 is 2.17 bits per heavy atom. The van der Waals surface area contributed by atoms with Gasteiger partial charge in [0.05, 0.1) is 18.9 Å². The number of carbonyl (C=O) groups is 3. The van der Waals surface area contributed by atoms with E-state index in [1.165, 1.54) is 0 Å². The van der Waals surface area contributed by atoms with Crippen LogP contribution in [0.3, 0.4) is 0 Å². The van der Waals surface area contributed by atoms with Crippen LogP contribution >= 0.6 is 15.9 Å². The monoisotopic (exact) mass is 394 g/mol. The number of esters is 2. The molecule has 1 saturated carbocycles. The van der Waals surface area contributed by atoms with Crippen LogP contribution in [0.2, 0.25) is 0 Å². The van der Waals surface area contributed by atoms with Gasteiger partial charge in [-0.3, -0.25) is 14.4 Å². The van der Waals surface area contributed by atoms with Crippen LogP contribution in [-0.4, -0.2) is 24.3 Å². The molecule has 24 heavy (non-hydrogen) atoms. The number of ether oxygens (including phenoxy) is 2. The second kappa shape index (κ2) is 7.05. The third-order valence-corrected chi connectivity index (χ3v) is 5.26. The molecule has 5 nitrogen and oxygen atoms in total. The molecule has 0 spiro atoms. The zero-order valence-corrected chi connectivity index (χ0v) is 15.0. The summed E-state index contributed by atoms with van der Waals surface area (Å²) in [6.45, 7) is 2.05. The summed E-state index contributed by atoms with van der Waals surface area (Å²) in [6, 6.07) is 5.41. The van der Waals surface area contributed by atoms with Crippen LogP contribution in [0.4, 0.5) is 0 Å². The van der Waals surface area contributed by atoms with E-state index >= 15 is 0 Å². The lowest BCUT2D eigenvalue weighted by Gasteiger charge is -2.34. The van der Waals surface area contributed by atoms with E-state index in [9.17, 15) is 14.4 Å². The lowest BCUT2D eigenvalue weighted by atomic mass is 9.74. The zero-order valence-electron chi connectivity index (χ0n) is 13.4. The number of halogens is 1. The van der Waals surface area contributed by atoms with Gasteiger partial charge in [0.25, 0.3) is 0 Å². The Kier molecular flexibility index (Phi) is 5.04. The quantitative estimate of drug-likeness (QED) is 0.578. The molecule has 1 heterocycles. The largest absolute Gasteiger partial charge is 0.466 e. The van der Waals surface area contributed by atoms with E-state index in [1.807, 2.05) is 6.07 Å². The highest BCUT2D eigenvalue weighted by Crippen LogP contribution is 2.47. The first kappa shape index (κ1) is 17.1. The molecule has 1 aliphatic heterocycles. The Bertz CT molecular complexity index is 684. The van der Waals surface area contributed by atoms with Crippen LogP contribution in [0.1, 0.15) is 44.1 Å². The Morgan fingerprint density at radius 3 is 2.83 bits per heavy atom. The third kappa shape index (κ3) is 3.38. The van der Waals surface area contributed by atoms with Crippen LogP contribution in [-0.2, 0) is 19.1 Å².